The number of carboxylic acids is 1. The van der Waals surface area contributed by atoms with Crippen molar-refractivity contribution in [2.45, 2.75) is 52.3 Å². The molecule has 0 radical (unpaired) electrons. The fraction of sp³-hybridized carbons (Fsp3) is 0.273. The maximum absolute atomic E-state index is 14.2. The second kappa shape index (κ2) is 14.3. The lowest BCUT2D eigenvalue weighted by molar-refractivity contribution is -0.137. The summed E-state index contributed by atoms with van der Waals surface area (Å²) in [5.41, 5.74) is 2.03. The lowest BCUT2D eigenvalue weighted by Crippen LogP contribution is -2.45. The molecule has 2 atom stereocenters. The number of hydrazine groups is 1. The predicted octanol–water partition coefficient (Wildman–Crippen LogP) is 5.13. The smallest absolute Gasteiger partial charge is 0.305 e. The summed E-state index contributed by atoms with van der Waals surface area (Å²) in [5, 5.41) is 18.4. The third-order valence-corrected chi connectivity index (χ3v) is 6.70. The fourth-order valence-corrected chi connectivity index (χ4v) is 4.85. The number of carbonyl (C=O) groups excluding carboxylic acids is 2. The number of nitrogens with one attached hydrogen (secondary N) is 2. The molecule has 3 aromatic carbocycles. The number of fused-ring (bicyclic) bond motifs is 1. The zero-order valence-electron chi connectivity index (χ0n) is 25.1. The Hall–Kier alpha value is -5.16. The average molecular weight is 600 g/mol. The van der Waals surface area contributed by atoms with Crippen molar-refractivity contribution < 1.29 is 29.0 Å². The van der Waals surface area contributed by atoms with E-state index in [4.69, 9.17) is 15.3 Å². The van der Waals surface area contributed by atoms with Gasteiger partial charge in [-0.05, 0) is 79.7 Å². The molecule has 0 spiro atoms. The van der Waals surface area contributed by atoms with Crippen molar-refractivity contribution in [2.75, 3.05) is 16.9 Å². The average Bonchev–Trinajstić information content (AvgIpc) is 2.97. The van der Waals surface area contributed by atoms with Crippen molar-refractivity contribution in [1.82, 2.24) is 10.3 Å². The Kier molecular flexibility index (Phi) is 10.4. The number of aliphatic carboxylic acids is 1. The third kappa shape index (κ3) is 8.01. The van der Waals surface area contributed by atoms with Crippen LogP contribution >= 0.6 is 0 Å². The van der Waals surface area contributed by atoms with Gasteiger partial charge in [0.2, 0.25) is 11.8 Å². The van der Waals surface area contributed by atoms with Gasteiger partial charge in [0.1, 0.15) is 6.04 Å². The molecule has 11 heteroatoms. The van der Waals surface area contributed by atoms with E-state index in [1.165, 1.54) is 11.9 Å². The Morgan fingerprint density at radius 3 is 2.48 bits per heavy atom. The Morgan fingerprint density at radius 1 is 0.977 bits per heavy atom. The molecule has 2 amide bonds. The van der Waals surface area contributed by atoms with Crippen molar-refractivity contribution in [3.8, 4) is 11.5 Å². The van der Waals surface area contributed by atoms with Gasteiger partial charge in [-0.15, -0.1) is 0 Å². The molecule has 5 N–H and O–H groups in total. The van der Waals surface area contributed by atoms with E-state index in [0.717, 1.165) is 10.8 Å². The molecule has 1 aromatic heterocycles. The number of ether oxygens (including phenoxy) is 2. The number of anilines is 2. The topological polar surface area (TPSA) is 156 Å². The molecule has 1 heterocycles. The summed E-state index contributed by atoms with van der Waals surface area (Å²) < 4.78 is 11.8. The van der Waals surface area contributed by atoms with E-state index in [9.17, 15) is 19.5 Å². The van der Waals surface area contributed by atoms with E-state index in [2.05, 4.69) is 15.6 Å². The SMILES string of the molecule is CCOc1cc(C(C(=O)N[C@H](CC(=O)O)c2cccc(NC(C)=O)c2)N(N)c2ccc3cnccc3c2)ccc1OC(C)C. The summed E-state index contributed by atoms with van der Waals surface area (Å²) in [4.78, 5) is 41.9. The van der Waals surface area contributed by atoms with Crippen LogP contribution in [0.4, 0.5) is 11.4 Å². The Bertz CT molecular complexity index is 1640. The molecular weight excluding hydrogens is 562 g/mol. The van der Waals surface area contributed by atoms with Crippen molar-refractivity contribution in [1.29, 1.82) is 0 Å². The summed E-state index contributed by atoms with van der Waals surface area (Å²) in [6, 6.07) is 17.2. The zero-order chi connectivity index (χ0) is 31.8. The molecule has 0 aliphatic heterocycles. The van der Waals surface area contributed by atoms with Gasteiger partial charge in [-0.1, -0.05) is 24.3 Å². The van der Waals surface area contributed by atoms with Crippen LogP contribution in [0, 0.1) is 0 Å². The quantitative estimate of drug-likeness (QED) is 0.121. The van der Waals surface area contributed by atoms with Crippen molar-refractivity contribution in [3.63, 3.8) is 0 Å². The number of aromatic nitrogens is 1. The van der Waals surface area contributed by atoms with Gasteiger partial charge in [-0.2, -0.15) is 0 Å². The fourth-order valence-electron chi connectivity index (χ4n) is 4.85. The van der Waals surface area contributed by atoms with Crippen LogP contribution in [-0.4, -0.2) is 40.6 Å². The first-order valence-corrected chi connectivity index (χ1v) is 14.3. The predicted molar refractivity (Wildman–Crippen MR) is 168 cm³/mol. The molecule has 4 aromatic rings. The molecule has 0 saturated heterocycles. The van der Waals surface area contributed by atoms with E-state index in [0.29, 0.717) is 40.6 Å². The number of amides is 2. The number of benzene rings is 3. The maximum atomic E-state index is 14.2. The normalized spacial score (nSPS) is 12.3. The lowest BCUT2D eigenvalue weighted by atomic mass is 9.99. The third-order valence-electron chi connectivity index (χ3n) is 6.70. The number of nitrogens with two attached hydrogens (primary N) is 1. The molecule has 230 valence electrons. The van der Waals surface area contributed by atoms with Gasteiger partial charge in [0.15, 0.2) is 11.5 Å². The lowest BCUT2D eigenvalue weighted by Gasteiger charge is -2.31. The molecule has 11 nitrogen and oxygen atoms in total. The van der Waals surface area contributed by atoms with Crippen LogP contribution in [-0.2, 0) is 14.4 Å². The highest BCUT2D eigenvalue weighted by atomic mass is 16.5. The number of carbonyl (C=O) groups is 3. The van der Waals surface area contributed by atoms with Gasteiger partial charge in [-0.25, -0.2) is 5.84 Å². The summed E-state index contributed by atoms with van der Waals surface area (Å²) >= 11 is 0. The van der Waals surface area contributed by atoms with E-state index in [1.807, 2.05) is 39.0 Å². The van der Waals surface area contributed by atoms with Gasteiger partial charge in [0.25, 0.3) is 0 Å². The van der Waals surface area contributed by atoms with Gasteiger partial charge >= 0.3 is 5.97 Å². The minimum atomic E-state index is -1.11. The van der Waals surface area contributed by atoms with Crippen molar-refractivity contribution in [2.24, 2.45) is 5.84 Å². The monoisotopic (exact) mass is 599 g/mol. The molecule has 4 rings (SSSR count). The van der Waals surface area contributed by atoms with Gasteiger partial charge in [0, 0.05) is 30.4 Å². The second-order valence-electron chi connectivity index (χ2n) is 10.5. The van der Waals surface area contributed by atoms with Crippen molar-refractivity contribution >= 4 is 39.9 Å². The Morgan fingerprint density at radius 2 is 1.77 bits per heavy atom. The van der Waals surface area contributed by atoms with E-state index in [1.54, 1.807) is 60.9 Å². The number of nitrogens with zero attached hydrogens (tertiary/aromatic N) is 2. The molecule has 0 fully saturated rings. The van der Waals surface area contributed by atoms with Crippen LogP contribution < -0.4 is 31.0 Å². The summed E-state index contributed by atoms with van der Waals surface area (Å²) in [6.07, 6.45) is 2.89. The highest BCUT2D eigenvalue weighted by molar-refractivity contribution is 5.90. The van der Waals surface area contributed by atoms with Crippen LogP contribution in [0.3, 0.4) is 0 Å². The maximum Gasteiger partial charge on any atom is 0.305 e. The summed E-state index contributed by atoms with van der Waals surface area (Å²) in [5.74, 6) is 5.75. The molecule has 0 aliphatic carbocycles. The number of hydrogen-bond acceptors (Lipinski definition) is 8. The first-order chi connectivity index (χ1) is 21.0. The van der Waals surface area contributed by atoms with Crippen LogP contribution in [0.2, 0.25) is 0 Å². The molecule has 0 aliphatic rings. The zero-order valence-corrected chi connectivity index (χ0v) is 25.1. The van der Waals surface area contributed by atoms with E-state index >= 15 is 0 Å². The number of hydrogen-bond donors (Lipinski definition) is 4. The Labute approximate surface area is 256 Å². The summed E-state index contributed by atoms with van der Waals surface area (Å²) in [7, 11) is 0. The number of pyridine rings is 1. The largest absolute Gasteiger partial charge is 0.490 e. The minimum absolute atomic E-state index is 0.109. The molecule has 44 heavy (non-hydrogen) atoms. The van der Waals surface area contributed by atoms with Crippen LogP contribution in [0.5, 0.6) is 11.5 Å². The van der Waals surface area contributed by atoms with Gasteiger partial charge in [-0.3, -0.25) is 24.4 Å². The number of rotatable bonds is 13. The standard InChI is InChI=1S/C33H37N5O6/c1-5-43-30-17-24(10-12-29(30)44-20(2)3)32(38(34)27-11-9-25-19-35-14-13-22(25)16-27)33(42)37-28(18-31(40)41)23-7-6-8-26(15-23)36-21(4)39/h6-17,19-20,28,32H,5,18,34H2,1-4H3,(H,36,39)(H,37,42)(H,40,41)/t28-,32?/m1/s1. The van der Waals surface area contributed by atoms with E-state index < -0.39 is 30.4 Å². The highest BCUT2D eigenvalue weighted by Gasteiger charge is 2.31. The summed E-state index contributed by atoms with van der Waals surface area (Å²) in [6.45, 7) is 7.40. The minimum Gasteiger partial charge on any atom is -0.490 e. The van der Waals surface area contributed by atoms with E-state index in [-0.39, 0.29) is 12.0 Å². The Balaban J connectivity index is 1.78. The van der Waals surface area contributed by atoms with Crippen LogP contribution in [0.25, 0.3) is 10.8 Å². The molecule has 0 bridgehead atoms. The van der Waals surface area contributed by atoms with Crippen LogP contribution in [0.1, 0.15) is 57.3 Å². The highest BCUT2D eigenvalue weighted by Crippen LogP contribution is 2.35. The first-order valence-electron chi connectivity index (χ1n) is 14.3. The number of carboxylic acid groups (broad SMARTS) is 1. The van der Waals surface area contributed by atoms with Gasteiger partial charge in [0.05, 0.1) is 30.9 Å². The molecule has 0 saturated carbocycles. The first kappa shape index (κ1) is 31.8. The van der Waals surface area contributed by atoms with Crippen molar-refractivity contribution in [3.05, 3.63) is 90.3 Å². The molecular formula is C33H37N5O6. The molecule has 1 unspecified atom stereocenters. The second-order valence-corrected chi connectivity index (χ2v) is 10.5. The van der Waals surface area contributed by atoms with Gasteiger partial charge < -0.3 is 25.2 Å². The van der Waals surface area contributed by atoms with Crippen LogP contribution in [0.15, 0.2) is 79.1 Å².